The third kappa shape index (κ3) is 3.25. The Labute approximate surface area is 112 Å². The summed E-state index contributed by atoms with van der Waals surface area (Å²) in [6.45, 7) is 1.86. The van der Waals surface area contributed by atoms with Crippen LogP contribution in [0.15, 0.2) is 0 Å². The van der Waals surface area contributed by atoms with Gasteiger partial charge in [0, 0.05) is 7.11 Å². The van der Waals surface area contributed by atoms with E-state index in [0.29, 0.717) is 0 Å². The lowest BCUT2D eigenvalue weighted by Gasteiger charge is -2.31. The van der Waals surface area contributed by atoms with E-state index < -0.39 is 11.5 Å². The average molecular weight is 271 g/mol. The maximum Gasteiger partial charge on any atom is 0.305 e. The number of methoxy groups -OCH3 is 1. The first kappa shape index (κ1) is 14.3. The summed E-state index contributed by atoms with van der Waals surface area (Å²) in [5, 5.41) is 11.8. The third-order valence-electron chi connectivity index (χ3n) is 3.87. The fourth-order valence-electron chi connectivity index (χ4n) is 3.09. The van der Waals surface area contributed by atoms with Gasteiger partial charge in [-0.1, -0.05) is 0 Å². The molecule has 4 atom stereocenters. The average Bonchev–Trinajstić information content (AvgIpc) is 2.88. The van der Waals surface area contributed by atoms with Crippen LogP contribution in [0.25, 0.3) is 0 Å². The van der Waals surface area contributed by atoms with Gasteiger partial charge in [-0.3, -0.25) is 9.59 Å². The largest absolute Gasteiger partial charge is 0.481 e. The van der Waals surface area contributed by atoms with Gasteiger partial charge in [0.2, 0.25) is 5.91 Å². The van der Waals surface area contributed by atoms with Crippen LogP contribution in [0.1, 0.15) is 32.6 Å². The summed E-state index contributed by atoms with van der Waals surface area (Å²) in [6, 6.07) is 0. The molecule has 0 aromatic rings. The molecule has 2 saturated heterocycles. The molecule has 0 radical (unpaired) electrons. The number of nitrogens with one attached hydrogen (secondary N) is 1. The molecule has 2 rings (SSSR count). The summed E-state index contributed by atoms with van der Waals surface area (Å²) in [6.07, 6.45) is 2.73. The molecule has 19 heavy (non-hydrogen) atoms. The lowest BCUT2D eigenvalue weighted by molar-refractivity contribution is -0.140. The van der Waals surface area contributed by atoms with Crippen LogP contribution < -0.4 is 5.32 Å². The Morgan fingerprint density at radius 1 is 1.47 bits per heavy atom. The molecular weight excluding hydrogens is 250 g/mol. The second kappa shape index (κ2) is 5.46. The molecule has 0 spiro atoms. The zero-order valence-corrected chi connectivity index (χ0v) is 11.3. The van der Waals surface area contributed by atoms with Crippen molar-refractivity contribution < 1.29 is 24.2 Å². The van der Waals surface area contributed by atoms with E-state index in [1.54, 1.807) is 6.92 Å². The van der Waals surface area contributed by atoms with Crippen molar-refractivity contribution in [3.8, 4) is 0 Å². The zero-order chi connectivity index (χ0) is 14.0. The van der Waals surface area contributed by atoms with Gasteiger partial charge in [0.05, 0.1) is 36.7 Å². The Kier molecular flexibility index (Phi) is 4.10. The first-order chi connectivity index (χ1) is 8.93. The van der Waals surface area contributed by atoms with Gasteiger partial charge in [0.25, 0.3) is 0 Å². The smallest absolute Gasteiger partial charge is 0.305 e. The maximum atomic E-state index is 12.3. The van der Waals surface area contributed by atoms with Crippen molar-refractivity contribution in [3.63, 3.8) is 0 Å². The molecule has 2 bridgehead atoms. The van der Waals surface area contributed by atoms with Crippen LogP contribution in [0.2, 0.25) is 0 Å². The molecule has 2 aliphatic heterocycles. The maximum absolute atomic E-state index is 12.3. The van der Waals surface area contributed by atoms with Crippen molar-refractivity contribution in [2.24, 2.45) is 5.92 Å². The summed E-state index contributed by atoms with van der Waals surface area (Å²) >= 11 is 0. The topological polar surface area (TPSA) is 84.9 Å². The SMILES string of the molecule is COCC(C)(CC(=O)O)NC(=O)C1CC2CCC1O2. The van der Waals surface area contributed by atoms with Gasteiger partial charge in [0.1, 0.15) is 0 Å². The van der Waals surface area contributed by atoms with Crippen molar-refractivity contribution in [1.29, 1.82) is 0 Å². The molecule has 108 valence electrons. The molecule has 4 unspecified atom stereocenters. The molecular formula is C13H21NO5. The van der Waals surface area contributed by atoms with E-state index in [0.717, 1.165) is 19.3 Å². The van der Waals surface area contributed by atoms with Gasteiger partial charge in [0.15, 0.2) is 0 Å². The van der Waals surface area contributed by atoms with E-state index in [1.807, 2.05) is 0 Å². The summed E-state index contributed by atoms with van der Waals surface area (Å²) in [5.74, 6) is -1.22. The highest BCUT2D eigenvalue weighted by Gasteiger charge is 2.45. The molecule has 2 fully saturated rings. The fraction of sp³-hybridized carbons (Fsp3) is 0.846. The third-order valence-corrected chi connectivity index (χ3v) is 3.87. The van der Waals surface area contributed by atoms with E-state index in [4.69, 9.17) is 14.6 Å². The molecule has 2 aliphatic rings. The van der Waals surface area contributed by atoms with Crippen molar-refractivity contribution in [2.75, 3.05) is 13.7 Å². The van der Waals surface area contributed by atoms with Crippen LogP contribution >= 0.6 is 0 Å². The van der Waals surface area contributed by atoms with Crippen LogP contribution in [0.5, 0.6) is 0 Å². The number of aliphatic carboxylic acids is 1. The number of hydrogen-bond acceptors (Lipinski definition) is 4. The van der Waals surface area contributed by atoms with E-state index >= 15 is 0 Å². The number of carboxylic acids is 1. The van der Waals surface area contributed by atoms with Gasteiger partial charge in [-0.25, -0.2) is 0 Å². The van der Waals surface area contributed by atoms with Crippen LogP contribution in [-0.4, -0.2) is 48.4 Å². The molecule has 0 aliphatic carbocycles. The molecule has 0 saturated carbocycles. The van der Waals surface area contributed by atoms with E-state index in [2.05, 4.69) is 5.32 Å². The molecule has 6 nitrogen and oxygen atoms in total. The molecule has 0 aromatic heterocycles. The minimum absolute atomic E-state index is 0.00150. The first-order valence-corrected chi connectivity index (χ1v) is 6.62. The number of carbonyl (C=O) groups is 2. The normalized spacial score (nSPS) is 32.0. The van der Waals surface area contributed by atoms with E-state index in [-0.39, 0.29) is 37.1 Å². The predicted molar refractivity (Wildman–Crippen MR) is 66.7 cm³/mol. The van der Waals surface area contributed by atoms with Crippen molar-refractivity contribution in [3.05, 3.63) is 0 Å². The summed E-state index contributed by atoms with van der Waals surface area (Å²) in [7, 11) is 1.49. The number of ether oxygens (including phenoxy) is 2. The van der Waals surface area contributed by atoms with Crippen molar-refractivity contribution >= 4 is 11.9 Å². The Hall–Kier alpha value is -1.14. The Morgan fingerprint density at radius 2 is 2.21 bits per heavy atom. The van der Waals surface area contributed by atoms with Crippen molar-refractivity contribution in [1.82, 2.24) is 5.32 Å². The molecule has 2 N–H and O–H groups in total. The highest BCUT2D eigenvalue weighted by Crippen LogP contribution is 2.39. The lowest BCUT2D eigenvalue weighted by Crippen LogP contribution is -2.53. The minimum Gasteiger partial charge on any atom is -0.481 e. The van der Waals surface area contributed by atoms with Gasteiger partial charge in [-0.05, 0) is 26.2 Å². The summed E-state index contributed by atoms with van der Waals surface area (Å²) < 4.78 is 10.7. The highest BCUT2D eigenvalue weighted by molar-refractivity contribution is 5.81. The highest BCUT2D eigenvalue weighted by atomic mass is 16.5. The van der Waals surface area contributed by atoms with Crippen LogP contribution in [0, 0.1) is 5.92 Å². The number of fused-ring (bicyclic) bond motifs is 2. The van der Waals surface area contributed by atoms with Crippen LogP contribution in [0.3, 0.4) is 0 Å². The second-order valence-corrected chi connectivity index (χ2v) is 5.77. The standard InChI is InChI=1S/C13H21NO5/c1-13(7-18-2,6-11(15)16)14-12(17)9-5-8-3-4-10(9)19-8/h8-10H,3-7H2,1-2H3,(H,14,17)(H,15,16). The molecule has 0 aromatic carbocycles. The van der Waals surface area contributed by atoms with Crippen LogP contribution in [0.4, 0.5) is 0 Å². The van der Waals surface area contributed by atoms with Gasteiger partial charge < -0.3 is 19.9 Å². The fourth-order valence-corrected chi connectivity index (χ4v) is 3.09. The molecule has 1 amide bonds. The quantitative estimate of drug-likeness (QED) is 0.737. The van der Waals surface area contributed by atoms with Gasteiger partial charge in [-0.15, -0.1) is 0 Å². The van der Waals surface area contributed by atoms with Crippen molar-refractivity contribution in [2.45, 2.75) is 50.4 Å². The minimum atomic E-state index is -0.955. The number of amides is 1. The molecule has 2 heterocycles. The number of hydrogen-bond donors (Lipinski definition) is 2. The number of carbonyl (C=O) groups excluding carboxylic acids is 1. The monoisotopic (exact) mass is 271 g/mol. The molecule has 6 heteroatoms. The summed E-state index contributed by atoms with van der Waals surface area (Å²) in [4.78, 5) is 23.2. The Bertz CT molecular complexity index is 372. The number of rotatable bonds is 6. The Morgan fingerprint density at radius 3 is 2.68 bits per heavy atom. The van der Waals surface area contributed by atoms with E-state index in [9.17, 15) is 9.59 Å². The number of carboxylic acid groups (broad SMARTS) is 1. The Balaban J connectivity index is 1.96. The first-order valence-electron chi connectivity index (χ1n) is 6.62. The lowest BCUT2D eigenvalue weighted by atomic mass is 9.87. The van der Waals surface area contributed by atoms with Crippen LogP contribution in [-0.2, 0) is 19.1 Å². The van der Waals surface area contributed by atoms with Gasteiger partial charge >= 0.3 is 5.97 Å². The zero-order valence-electron chi connectivity index (χ0n) is 11.3. The van der Waals surface area contributed by atoms with E-state index in [1.165, 1.54) is 7.11 Å². The van der Waals surface area contributed by atoms with Gasteiger partial charge in [-0.2, -0.15) is 0 Å². The summed E-state index contributed by atoms with van der Waals surface area (Å²) in [5.41, 5.74) is -0.875. The predicted octanol–water partition coefficient (Wildman–Crippen LogP) is 0.550. The second-order valence-electron chi connectivity index (χ2n) is 5.77.